The van der Waals surface area contributed by atoms with E-state index in [1.165, 1.54) is 13.4 Å². The van der Waals surface area contributed by atoms with E-state index < -0.39 is 0 Å². The maximum Gasteiger partial charge on any atom is 0.228 e. The van der Waals surface area contributed by atoms with Crippen LogP contribution in [0.15, 0.2) is 42.9 Å². The summed E-state index contributed by atoms with van der Waals surface area (Å²) in [6.45, 7) is 9.45. The second-order valence-corrected chi connectivity index (χ2v) is 5.14. The number of methoxy groups -OCH3 is 1. The zero-order valence-electron chi connectivity index (χ0n) is 12.8. The van der Waals surface area contributed by atoms with Gasteiger partial charge in [-0.2, -0.15) is 0 Å². The van der Waals surface area contributed by atoms with Crippen LogP contribution in [0.25, 0.3) is 0 Å². The fourth-order valence-corrected chi connectivity index (χ4v) is 1.86. The van der Waals surface area contributed by atoms with Gasteiger partial charge < -0.3 is 15.4 Å². The molecule has 0 spiro atoms. The second-order valence-electron chi connectivity index (χ2n) is 5.14. The van der Waals surface area contributed by atoms with Crippen molar-refractivity contribution in [2.45, 2.75) is 19.8 Å². The first-order chi connectivity index (χ1) is 10.5. The zero-order chi connectivity index (χ0) is 16.1. The lowest BCUT2D eigenvalue weighted by Crippen LogP contribution is -2.16. The van der Waals surface area contributed by atoms with E-state index >= 15 is 0 Å². The van der Waals surface area contributed by atoms with Crippen LogP contribution in [0.1, 0.15) is 19.8 Å². The Bertz CT molecular complexity index is 633. The van der Waals surface area contributed by atoms with Crippen molar-refractivity contribution in [1.29, 1.82) is 0 Å². The van der Waals surface area contributed by atoms with Gasteiger partial charge in [0.2, 0.25) is 11.7 Å². The van der Waals surface area contributed by atoms with Crippen molar-refractivity contribution in [2.75, 3.05) is 17.7 Å². The van der Waals surface area contributed by atoms with Gasteiger partial charge in [0.25, 0.3) is 0 Å². The molecule has 1 amide bonds. The quantitative estimate of drug-likeness (QED) is 0.757. The fourth-order valence-electron chi connectivity index (χ4n) is 1.86. The van der Waals surface area contributed by atoms with Crippen molar-refractivity contribution < 1.29 is 9.53 Å². The number of hydrogen-bond donors (Lipinski definition) is 2. The van der Waals surface area contributed by atoms with E-state index in [9.17, 15) is 4.79 Å². The third-order valence-electron chi connectivity index (χ3n) is 3.08. The molecule has 1 aliphatic rings. The molecule has 1 heterocycles. The van der Waals surface area contributed by atoms with Crippen LogP contribution in [0, 0.1) is 5.92 Å². The van der Waals surface area contributed by atoms with Gasteiger partial charge in [-0.15, -0.1) is 0 Å². The maximum atomic E-state index is 11.9. The minimum Gasteiger partial charge on any atom is -0.490 e. The predicted octanol–water partition coefficient (Wildman–Crippen LogP) is 2.89. The van der Waals surface area contributed by atoms with E-state index in [1.54, 1.807) is 6.08 Å². The van der Waals surface area contributed by atoms with Crippen LogP contribution < -0.4 is 15.4 Å². The van der Waals surface area contributed by atoms with Crippen LogP contribution >= 0.6 is 0 Å². The van der Waals surface area contributed by atoms with Gasteiger partial charge in [-0.25, -0.2) is 9.97 Å². The lowest BCUT2D eigenvalue weighted by Gasteiger charge is -2.14. The first kappa shape index (κ1) is 15.8. The number of nitrogens with zero attached hydrogens (tertiary/aromatic N) is 2. The van der Waals surface area contributed by atoms with Gasteiger partial charge in [0.15, 0.2) is 11.6 Å². The molecule has 1 aliphatic carbocycles. The Morgan fingerprint density at radius 2 is 2.00 bits per heavy atom. The molecule has 0 saturated heterocycles. The molecule has 0 unspecified atom stereocenters. The molecule has 22 heavy (non-hydrogen) atoms. The molecule has 0 aliphatic heterocycles. The van der Waals surface area contributed by atoms with Gasteiger partial charge in [-0.3, -0.25) is 4.79 Å². The second kappa shape index (κ2) is 6.89. The third kappa shape index (κ3) is 3.94. The van der Waals surface area contributed by atoms with Crippen molar-refractivity contribution in [3.05, 3.63) is 42.9 Å². The van der Waals surface area contributed by atoms with Gasteiger partial charge >= 0.3 is 0 Å². The van der Waals surface area contributed by atoms with Gasteiger partial charge in [0, 0.05) is 11.6 Å². The van der Waals surface area contributed by atoms with Crippen LogP contribution in [-0.4, -0.2) is 23.0 Å². The Labute approximate surface area is 130 Å². The molecule has 0 aromatic carbocycles. The molecule has 6 nitrogen and oxygen atoms in total. The number of amides is 1. The van der Waals surface area contributed by atoms with Crippen LogP contribution in [-0.2, 0) is 4.79 Å². The molecule has 116 valence electrons. The number of hydrogen-bond acceptors (Lipinski definition) is 5. The molecular formula is C16H20N4O2. The van der Waals surface area contributed by atoms with Crippen molar-refractivity contribution in [1.82, 2.24) is 9.97 Å². The number of nitrogens with one attached hydrogen (secondary N) is 2. The normalized spacial score (nSPS) is 14.2. The van der Waals surface area contributed by atoms with Crippen LogP contribution in [0.2, 0.25) is 0 Å². The van der Waals surface area contributed by atoms with Gasteiger partial charge in [-0.1, -0.05) is 18.7 Å². The zero-order valence-corrected chi connectivity index (χ0v) is 12.8. The summed E-state index contributed by atoms with van der Waals surface area (Å²) in [7, 11) is 1.51. The molecule has 1 fully saturated rings. The first-order valence-corrected chi connectivity index (χ1v) is 7.01. The highest BCUT2D eigenvalue weighted by atomic mass is 16.5. The molecule has 2 rings (SSSR count). The Morgan fingerprint density at radius 3 is 2.50 bits per heavy atom. The minimum atomic E-state index is -0.0376. The van der Waals surface area contributed by atoms with E-state index in [4.69, 9.17) is 4.74 Å². The Balaban J connectivity index is 2.25. The monoisotopic (exact) mass is 300 g/mol. The van der Waals surface area contributed by atoms with Gasteiger partial charge in [0.1, 0.15) is 6.33 Å². The molecule has 2 N–H and O–H groups in total. The molecular weight excluding hydrogens is 280 g/mol. The average Bonchev–Trinajstić information content (AvgIpc) is 3.31. The SMILES string of the molecule is C=C/C(=C\C(=C)C)Nc1ncnc(NC(=O)C2CC2)c1OC. The molecule has 0 bridgehead atoms. The molecule has 6 heteroatoms. The predicted molar refractivity (Wildman–Crippen MR) is 86.7 cm³/mol. The number of ether oxygens (including phenoxy) is 1. The number of carbonyl (C=O) groups excluding carboxylic acids is 1. The highest BCUT2D eigenvalue weighted by Crippen LogP contribution is 2.34. The maximum absolute atomic E-state index is 11.9. The number of aromatic nitrogens is 2. The summed E-state index contributed by atoms with van der Waals surface area (Å²) in [5, 5.41) is 5.87. The number of allylic oxidation sites excluding steroid dienone is 3. The Morgan fingerprint density at radius 1 is 1.36 bits per heavy atom. The highest BCUT2D eigenvalue weighted by Gasteiger charge is 2.30. The van der Waals surface area contributed by atoms with Crippen LogP contribution in [0.3, 0.4) is 0 Å². The summed E-state index contributed by atoms with van der Waals surface area (Å²) in [4.78, 5) is 20.1. The van der Waals surface area contributed by atoms with E-state index in [0.29, 0.717) is 17.4 Å². The first-order valence-electron chi connectivity index (χ1n) is 7.01. The molecule has 1 aromatic heterocycles. The summed E-state index contributed by atoms with van der Waals surface area (Å²) < 4.78 is 5.34. The van der Waals surface area contributed by atoms with Crippen LogP contribution in [0.4, 0.5) is 11.6 Å². The van der Waals surface area contributed by atoms with E-state index in [-0.39, 0.29) is 11.8 Å². The smallest absolute Gasteiger partial charge is 0.228 e. The van der Waals surface area contributed by atoms with E-state index in [1.807, 2.05) is 13.0 Å². The van der Waals surface area contributed by atoms with Gasteiger partial charge in [0.05, 0.1) is 7.11 Å². The third-order valence-corrected chi connectivity index (χ3v) is 3.08. The lowest BCUT2D eigenvalue weighted by atomic mass is 10.2. The van der Waals surface area contributed by atoms with Crippen molar-refractivity contribution in [2.24, 2.45) is 5.92 Å². The van der Waals surface area contributed by atoms with Crippen molar-refractivity contribution in [3.63, 3.8) is 0 Å². The largest absolute Gasteiger partial charge is 0.490 e. The Hall–Kier alpha value is -2.63. The minimum absolute atomic E-state index is 0.0376. The van der Waals surface area contributed by atoms with Gasteiger partial charge in [-0.05, 0) is 31.9 Å². The number of anilines is 2. The summed E-state index contributed by atoms with van der Waals surface area (Å²) >= 11 is 0. The van der Waals surface area contributed by atoms with Crippen molar-refractivity contribution in [3.8, 4) is 5.75 Å². The average molecular weight is 300 g/mol. The number of rotatable bonds is 7. The molecule has 0 radical (unpaired) electrons. The van der Waals surface area contributed by atoms with Crippen LogP contribution in [0.5, 0.6) is 5.75 Å². The standard InChI is InChI=1S/C16H20N4O2/c1-5-12(8-10(2)3)19-14-13(22-4)15(18-9-17-14)20-16(21)11-6-7-11/h5,8-9,11H,1-2,6-7H2,3-4H3,(H2,17,18,19,20,21)/b12-8+. The summed E-state index contributed by atoms with van der Waals surface area (Å²) in [5.41, 5.74) is 1.60. The Kier molecular flexibility index (Phi) is 4.93. The van der Waals surface area contributed by atoms with E-state index in [0.717, 1.165) is 24.1 Å². The highest BCUT2D eigenvalue weighted by molar-refractivity contribution is 5.95. The summed E-state index contributed by atoms with van der Waals surface area (Å²) in [5.74, 6) is 1.24. The molecule has 1 saturated carbocycles. The topological polar surface area (TPSA) is 76.1 Å². The molecule has 1 aromatic rings. The molecule has 0 atom stereocenters. The van der Waals surface area contributed by atoms with Crippen molar-refractivity contribution >= 4 is 17.5 Å². The summed E-state index contributed by atoms with van der Waals surface area (Å²) in [6, 6.07) is 0. The number of carbonyl (C=O) groups is 1. The fraction of sp³-hybridized carbons (Fsp3) is 0.312. The summed E-state index contributed by atoms with van der Waals surface area (Å²) in [6.07, 6.45) is 6.70. The van der Waals surface area contributed by atoms with E-state index in [2.05, 4.69) is 33.8 Å². The lowest BCUT2D eigenvalue weighted by molar-refractivity contribution is -0.117.